The van der Waals surface area contributed by atoms with Crippen LogP contribution in [0.4, 0.5) is 4.39 Å². The maximum Gasteiger partial charge on any atom is 0.131 e. The summed E-state index contributed by atoms with van der Waals surface area (Å²) in [6, 6.07) is 13.5. The maximum atomic E-state index is 13.8. The van der Waals surface area contributed by atoms with Crippen molar-refractivity contribution in [2.75, 3.05) is 0 Å². The van der Waals surface area contributed by atoms with E-state index >= 15 is 0 Å². The molecule has 0 radical (unpaired) electrons. The molecular weight excluding hydrogens is 255 g/mol. The summed E-state index contributed by atoms with van der Waals surface area (Å²) >= 11 is 0. The standard InChI is InChI=1S/C16H15FN2O/c1-11(19)15-7-6-14(8-16(15)17)20-10-13-5-3-2-4-12(13)9-18/h2-8,11H,10,19H2,1H3/t11-/m0/s1. The van der Waals surface area contributed by atoms with Gasteiger partial charge in [-0.3, -0.25) is 0 Å². The molecule has 102 valence electrons. The molecule has 0 unspecified atom stereocenters. The molecule has 0 fully saturated rings. The molecule has 3 nitrogen and oxygen atoms in total. The quantitative estimate of drug-likeness (QED) is 0.927. The van der Waals surface area contributed by atoms with Gasteiger partial charge in [0, 0.05) is 23.2 Å². The minimum Gasteiger partial charge on any atom is -0.489 e. The molecule has 0 aliphatic heterocycles. The first-order valence-corrected chi connectivity index (χ1v) is 6.27. The molecule has 2 rings (SSSR count). The van der Waals surface area contributed by atoms with Crippen LogP contribution < -0.4 is 10.5 Å². The number of hydrogen-bond donors (Lipinski definition) is 1. The highest BCUT2D eigenvalue weighted by Crippen LogP contribution is 2.21. The molecule has 0 aromatic heterocycles. The number of nitriles is 1. The fourth-order valence-corrected chi connectivity index (χ4v) is 1.88. The first-order chi connectivity index (χ1) is 9.61. The Bertz CT molecular complexity index is 647. The van der Waals surface area contributed by atoms with Crippen LogP contribution in [0.5, 0.6) is 5.75 Å². The van der Waals surface area contributed by atoms with Gasteiger partial charge in [0.25, 0.3) is 0 Å². The number of halogens is 1. The number of rotatable bonds is 4. The topological polar surface area (TPSA) is 59.0 Å². The summed E-state index contributed by atoms with van der Waals surface area (Å²) in [7, 11) is 0. The molecule has 0 saturated heterocycles. The molecule has 0 aliphatic rings. The van der Waals surface area contributed by atoms with Crippen LogP contribution in [-0.2, 0) is 6.61 Å². The average Bonchev–Trinajstić information content (AvgIpc) is 2.45. The van der Waals surface area contributed by atoms with E-state index in [2.05, 4.69) is 6.07 Å². The Hall–Kier alpha value is -2.38. The van der Waals surface area contributed by atoms with Gasteiger partial charge >= 0.3 is 0 Å². The van der Waals surface area contributed by atoms with Crippen LogP contribution in [0.3, 0.4) is 0 Å². The van der Waals surface area contributed by atoms with Crippen molar-refractivity contribution in [3.63, 3.8) is 0 Å². The molecule has 4 heteroatoms. The molecule has 0 heterocycles. The summed E-state index contributed by atoms with van der Waals surface area (Å²) in [6.45, 7) is 1.95. The third-order valence-electron chi connectivity index (χ3n) is 2.99. The van der Waals surface area contributed by atoms with Crippen LogP contribution in [0.2, 0.25) is 0 Å². The first-order valence-electron chi connectivity index (χ1n) is 6.27. The van der Waals surface area contributed by atoms with Gasteiger partial charge in [0.05, 0.1) is 11.6 Å². The Morgan fingerprint density at radius 2 is 2.05 bits per heavy atom. The second kappa shape index (κ2) is 6.18. The number of hydrogen-bond acceptors (Lipinski definition) is 3. The lowest BCUT2D eigenvalue weighted by molar-refractivity contribution is 0.304. The maximum absolute atomic E-state index is 13.8. The van der Waals surface area contributed by atoms with Crippen molar-refractivity contribution in [2.24, 2.45) is 5.73 Å². The van der Waals surface area contributed by atoms with Crippen LogP contribution in [0.1, 0.15) is 29.7 Å². The third-order valence-corrected chi connectivity index (χ3v) is 2.99. The third kappa shape index (κ3) is 3.14. The molecule has 2 aromatic carbocycles. The summed E-state index contributed by atoms with van der Waals surface area (Å²) in [6.07, 6.45) is 0. The fourth-order valence-electron chi connectivity index (χ4n) is 1.88. The number of nitrogens with zero attached hydrogens (tertiary/aromatic N) is 1. The fraction of sp³-hybridized carbons (Fsp3) is 0.188. The van der Waals surface area contributed by atoms with Gasteiger partial charge < -0.3 is 10.5 Å². The molecule has 2 N–H and O–H groups in total. The van der Waals surface area contributed by atoms with Crippen molar-refractivity contribution in [3.8, 4) is 11.8 Å². The molecule has 2 aromatic rings. The molecule has 0 saturated carbocycles. The van der Waals surface area contributed by atoms with E-state index in [4.69, 9.17) is 15.7 Å². The molecule has 0 aliphatic carbocycles. The van der Waals surface area contributed by atoms with Crippen LogP contribution >= 0.6 is 0 Å². The lowest BCUT2D eigenvalue weighted by Gasteiger charge is -2.11. The Labute approximate surface area is 117 Å². The van der Waals surface area contributed by atoms with Crippen molar-refractivity contribution in [3.05, 3.63) is 65.0 Å². The van der Waals surface area contributed by atoms with E-state index in [9.17, 15) is 4.39 Å². The lowest BCUT2D eigenvalue weighted by Crippen LogP contribution is -2.07. The highest BCUT2D eigenvalue weighted by Gasteiger charge is 2.08. The van der Waals surface area contributed by atoms with Crippen molar-refractivity contribution in [2.45, 2.75) is 19.6 Å². The van der Waals surface area contributed by atoms with E-state index in [1.54, 1.807) is 31.2 Å². The smallest absolute Gasteiger partial charge is 0.131 e. The monoisotopic (exact) mass is 270 g/mol. The SMILES string of the molecule is C[C@H](N)c1ccc(OCc2ccccc2C#N)cc1F. The Morgan fingerprint density at radius 1 is 1.30 bits per heavy atom. The van der Waals surface area contributed by atoms with Gasteiger partial charge in [0.1, 0.15) is 18.2 Å². The number of nitrogens with two attached hydrogens (primary N) is 1. The summed E-state index contributed by atoms with van der Waals surface area (Å²) in [5.74, 6) is 0.0331. The van der Waals surface area contributed by atoms with Crippen molar-refractivity contribution in [1.82, 2.24) is 0 Å². The minimum atomic E-state index is -0.383. The predicted octanol–water partition coefficient (Wildman–Crippen LogP) is 3.30. The van der Waals surface area contributed by atoms with Crippen molar-refractivity contribution in [1.29, 1.82) is 5.26 Å². The van der Waals surface area contributed by atoms with Gasteiger partial charge in [-0.1, -0.05) is 24.3 Å². The minimum absolute atomic E-state index is 0.223. The molecule has 0 bridgehead atoms. The first kappa shape index (κ1) is 14.0. The number of ether oxygens (including phenoxy) is 1. The van der Waals surface area contributed by atoms with Crippen LogP contribution in [-0.4, -0.2) is 0 Å². The Kier molecular flexibility index (Phi) is 4.34. The van der Waals surface area contributed by atoms with E-state index in [1.807, 2.05) is 12.1 Å². The van der Waals surface area contributed by atoms with Gasteiger partial charge in [-0.2, -0.15) is 5.26 Å². The Balaban J connectivity index is 2.12. The summed E-state index contributed by atoms with van der Waals surface area (Å²) in [5, 5.41) is 8.98. The molecule has 20 heavy (non-hydrogen) atoms. The van der Waals surface area contributed by atoms with E-state index in [0.29, 0.717) is 16.9 Å². The van der Waals surface area contributed by atoms with E-state index in [-0.39, 0.29) is 18.5 Å². The van der Waals surface area contributed by atoms with Gasteiger partial charge in [0.2, 0.25) is 0 Å². The van der Waals surface area contributed by atoms with Crippen LogP contribution in [0.25, 0.3) is 0 Å². The van der Waals surface area contributed by atoms with Crippen LogP contribution in [0.15, 0.2) is 42.5 Å². The second-order valence-corrected chi connectivity index (χ2v) is 4.53. The van der Waals surface area contributed by atoms with Gasteiger partial charge in [-0.15, -0.1) is 0 Å². The van der Waals surface area contributed by atoms with E-state index in [0.717, 1.165) is 5.56 Å². The average molecular weight is 270 g/mol. The summed E-state index contributed by atoms with van der Waals surface area (Å²) in [4.78, 5) is 0. The zero-order valence-corrected chi connectivity index (χ0v) is 11.1. The van der Waals surface area contributed by atoms with Gasteiger partial charge in [-0.05, 0) is 19.1 Å². The normalized spacial score (nSPS) is 11.7. The van der Waals surface area contributed by atoms with Gasteiger partial charge in [0.15, 0.2) is 0 Å². The highest BCUT2D eigenvalue weighted by molar-refractivity contribution is 5.37. The van der Waals surface area contributed by atoms with E-state index in [1.165, 1.54) is 6.07 Å². The second-order valence-electron chi connectivity index (χ2n) is 4.53. The highest BCUT2D eigenvalue weighted by atomic mass is 19.1. The molecule has 1 atom stereocenters. The summed E-state index contributed by atoms with van der Waals surface area (Å²) < 4.78 is 19.3. The van der Waals surface area contributed by atoms with Crippen molar-refractivity contribution >= 4 is 0 Å². The van der Waals surface area contributed by atoms with E-state index < -0.39 is 0 Å². The Morgan fingerprint density at radius 3 is 2.70 bits per heavy atom. The number of benzene rings is 2. The largest absolute Gasteiger partial charge is 0.489 e. The molecule has 0 spiro atoms. The van der Waals surface area contributed by atoms with Crippen LogP contribution in [0, 0.1) is 17.1 Å². The summed E-state index contributed by atoms with van der Waals surface area (Å²) in [5.41, 5.74) is 7.43. The predicted molar refractivity (Wildman–Crippen MR) is 74.5 cm³/mol. The lowest BCUT2D eigenvalue weighted by atomic mass is 10.1. The zero-order chi connectivity index (χ0) is 14.5. The molecular formula is C16H15FN2O. The van der Waals surface area contributed by atoms with Crippen molar-refractivity contribution < 1.29 is 9.13 Å². The zero-order valence-electron chi connectivity index (χ0n) is 11.1. The molecule has 0 amide bonds. The van der Waals surface area contributed by atoms with Gasteiger partial charge in [-0.25, -0.2) is 4.39 Å².